The summed E-state index contributed by atoms with van der Waals surface area (Å²) in [5.74, 6) is -1.21. The van der Waals surface area contributed by atoms with Crippen LogP contribution < -0.4 is 10.6 Å². The van der Waals surface area contributed by atoms with Gasteiger partial charge in [0.2, 0.25) is 5.91 Å². The minimum atomic E-state index is -0.522. The second kappa shape index (κ2) is 12.5. The van der Waals surface area contributed by atoms with Gasteiger partial charge >= 0.3 is 11.9 Å². The maximum atomic E-state index is 11.6. The van der Waals surface area contributed by atoms with Crippen LogP contribution in [0.3, 0.4) is 0 Å². The zero-order chi connectivity index (χ0) is 19.3. The van der Waals surface area contributed by atoms with E-state index in [0.717, 1.165) is 13.0 Å². The molecular weight excluding hydrogens is 324 g/mol. The average molecular weight is 356 g/mol. The van der Waals surface area contributed by atoms with E-state index < -0.39 is 11.9 Å². The van der Waals surface area contributed by atoms with Gasteiger partial charge in [-0.25, -0.2) is 4.79 Å². The van der Waals surface area contributed by atoms with E-state index in [9.17, 15) is 14.4 Å². The number of rotatable bonds is 12. The Morgan fingerprint density at radius 2 is 1.60 bits per heavy atom. The van der Waals surface area contributed by atoms with E-state index in [2.05, 4.69) is 38.0 Å². The van der Waals surface area contributed by atoms with Gasteiger partial charge in [0.05, 0.1) is 6.42 Å². The summed E-state index contributed by atoms with van der Waals surface area (Å²) < 4.78 is 9.66. The number of hydrogen-bond donors (Lipinski definition) is 2. The summed E-state index contributed by atoms with van der Waals surface area (Å²) in [4.78, 5) is 34.2. The lowest BCUT2D eigenvalue weighted by molar-refractivity contribution is -0.150. The number of ether oxygens (including phenoxy) is 2. The number of esters is 2. The quantitative estimate of drug-likeness (QED) is 0.313. The molecule has 0 heterocycles. The number of amides is 1. The monoisotopic (exact) mass is 356 g/mol. The predicted octanol–water partition coefficient (Wildman–Crippen LogP) is 1.57. The zero-order valence-corrected chi connectivity index (χ0v) is 15.9. The lowest BCUT2D eigenvalue weighted by Gasteiger charge is -2.18. The molecule has 0 aliphatic rings. The van der Waals surface area contributed by atoms with Gasteiger partial charge in [-0.1, -0.05) is 27.4 Å². The van der Waals surface area contributed by atoms with Crippen molar-refractivity contribution in [3.63, 3.8) is 0 Å². The van der Waals surface area contributed by atoms with Crippen LogP contribution >= 0.6 is 0 Å². The number of nitrogens with one attached hydrogen (secondary N) is 2. The molecule has 0 bridgehead atoms. The molecule has 0 aromatic rings. The van der Waals surface area contributed by atoms with Gasteiger partial charge in [-0.3, -0.25) is 9.59 Å². The summed E-state index contributed by atoms with van der Waals surface area (Å²) in [6, 6.07) is 0. The minimum absolute atomic E-state index is 0.00226. The van der Waals surface area contributed by atoms with Crippen molar-refractivity contribution in [3.8, 4) is 0 Å². The summed E-state index contributed by atoms with van der Waals surface area (Å²) >= 11 is 0. The molecule has 0 saturated heterocycles. The normalized spacial score (nSPS) is 10.9. The highest BCUT2D eigenvalue weighted by Crippen LogP contribution is 2.16. The number of carbonyl (C=O) groups excluding carboxylic acids is 3. The van der Waals surface area contributed by atoms with E-state index in [-0.39, 0.29) is 37.5 Å². The van der Waals surface area contributed by atoms with Crippen LogP contribution in [-0.4, -0.2) is 50.7 Å². The van der Waals surface area contributed by atoms with Crippen LogP contribution in [0.4, 0.5) is 0 Å². The van der Waals surface area contributed by atoms with Crippen molar-refractivity contribution in [2.75, 3.05) is 32.8 Å². The molecule has 7 heteroatoms. The van der Waals surface area contributed by atoms with Crippen LogP contribution in [0, 0.1) is 5.41 Å². The lowest BCUT2D eigenvalue weighted by Crippen LogP contribution is -2.33. The van der Waals surface area contributed by atoms with Gasteiger partial charge in [0.1, 0.15) is 13.2 Å². The smallest absolute Gasteiger partial charge is 0.333 e. The lowest BCUT2D eigenvalue weighted by atomic mass is 9.92. The predicted molar refractivity (Wildman–Crippen MR) is 95.9 cm³/mol. The fourth-order valence-electron chi connectivity index (χ4n) is 1.67. The van der Waals surface area contributed by atoms with Crippen LogP contribution in [0.15, 0.2) is 12.2 Å². The van der Waals surface area contributed by atoms with Crippen molar-refractivity contribution in [1.29, 1.82) is 0 Å². The molecule has 0 aliphatic carbocycles. The molecule has 0 fully saturated rings. The summed E-state index contributed by atoms with van der Waals surface area (Å²) in [5.41, 5.74) is 0.579. The maximum absolute atomic E-state index is 11.6. The first-order chi connectivity index (χ1) is 11.6. The Labute approximate surface area is 150 Å². The van der Waals surface area contributed by atoms with Gasteiger partial charge in [-0.15, -0.1) is 0 Å². The largest absolute Gasteiger partial charge is 0.462 e. The van der Waals surface area contributed by atoms with E-state index in [1.165, 1.54) is 6.92 Å². The molecule has 7 nitrogen and oxygen atoms in total. The fraction of sp³-hybridized carbons (Fsp3) is 0.722. The molecule has 0 aliphatic heterocycles. The van der Waals surface area contributed by atoms with Crippen LogP contribution in [0.5, 0.6) is 0 Å². The van der Waals surface area contributed by atoms with Crippen LogP contribution in [0.2, 0.25) is 0 Å². The third-order valence-electron chi connectivity index (χ3n) is 3.16. The molecular formula is C18H32N2O5. The Morgan fingerprint density at radius 1 is 0.960 bits per heavy atom. The summed E-state index contributed by atoms with van der Waals surface area (Å²) in [7, 11) is 0. The second-order valence-corrected chi connectivity index (χ2v) is 7.05. The Kier molecular flexibility index (Phi) is 11.5. The Hall–Kier alpha value is -1.89. The molecule has 0 radical (unpaired) electrons. The Balaban J connectivity index is 3.57. The second-order valence-electron chi connectivity index (χ2n) is 7.05. The van der Waals surface area contributed by atoms with Gasteiger partial charge in [0.15, 0.2) is 0 Å². The third-order valence-corrected chi connectivity index (χ3v) is 3.16. The van der Waals surface area contributed by atoms with Crippen molar-refractivity contribution in [2.24, 2.45) is 5.41 Å². The topological polar surface area (TPSA) is 93.7 Å². The molecule has 0 spiro atoms. The number of hydrogen-bond acceptors (Lipinski definition) is 6. The summed E-state index contributed by atoms with van der Waals surface area (Å²) in [6.07, 6.45) is 1.14. The standard InChI is InChI=1S/C18H32N2O5/c1-14(2)17(23)25-13-12-24-16(22)7-6-15(21)20-11-10-19-9-8-18(3,4)5/h19H,1,6-13H2,2-5H3,(H,20,21). The third kappa shape index (κ3) is 15.4. The van der Waals surface area contributed by atoms with Gasteiger partial charge in [-0.05, 0) is 25.3 Å². The van der Waals surface area contributed by atoms with Crippen molar-refractivity contribution in [1.82, 2.24) is 10.6 Å². The highest BCUT2D eigenvalue weighted by atomic mass is 16.6. The summed E-state index contributed by atoms with van der Waals surface area (Å²) in [5, 5.41) is 6.00. The molecule has 0 aromatic carbocycles. The summed E-state index contributed by atoms with van der Waals surface area (Å²) in [6.45, 7) is 13.6. The maximum Gasteiger partial charge on any atom is 0.333 e. The van der Waals surface area contributed by atoms with Crippen molar-refractivity contribution in [2.45, 2.75) is 47.0 Å². The van der Waals surface area contributed by atoms with E-state index >= 15 is 0 Å². The molecule has 0 unspecified atom stereocenters. The van der Waals surface area contributed by atoms with Crippen LogP contribution in [0.1, 0.15) is 47.0 Å². The molecule has 0 atom stereocenters. The Bertz CT molecular complexity index is 455. The molecule has 2 N–H and O–H groups in total. The van der Waals surface area contributed by atoms with E-state index in [0.29, 0.717) is 18.5 Å². The molecule has 0 saturated carbocycles. The van der Waals surface area contributed by atoms with Crippen molar-refractivity contribution >= 4 is 17.8 Å². The molecule has 25 heavy (non-hydrogen) atoms. The minimum Gasteiger partial charge on any atom is -0.462 e. The first-order valence-electron chi connectivity index (χ1n) is 8.57. The highest BCUT2D eigenvalue weighted by molar-refractivity contribution is 5.86. The van der Waals surface area contributed by atoms with Crippen molar-refractivity contribution in [3.05, 3.63) is 12.2 Å². The fourth-order valence-corrected chi connectivity index (χ4v) is 1.67. The van der Waals surface area contributed by atoms with Gasteiger partial charge in [0.25, 0.3) is 0 Å². The highest BCUT2D eigenvalue weighted by Gasteiger charge is 2.10. The van der Waals surface area contributed by atoms with E-state index in [4.69, 9.17) is 9.47 Å². The zero-order valence-electron chi connectivity index (χ0n) is 15.9. The molecule has 1 amide bonds. The molecule has 0 aromatic heterocycles. The number of carbonyl (C=O) groups is 3. The Morgan fingerprint density at radius 3 is 2.20 bits per heavy atom. The van der Waals surface area contributed by atoms with Gasteiger partial charge < -0.3 is 20.1 Å². The molecule has 0 rings (SSSR count). The average Bonchev–Trinajstić information content (AvgIpc) is 2.51. The SMILES string of the molecule is C=C(C)C(=O)OCCOC(=O)CCC(=O)NCCNCCC(C)(C)C. The van der Waals surface area contributed by atoms with E-state index in [1.807, 2.05) is 0 Å². The molecule has 144 valence electrons. The van der Waals surface area contributed by atoms with Gasteiger partial charge in [-0.2, -0.15) is 0 Å². The van der Waals surface area contributed by atoms with Crippen molar-refractivity contribution < 1.29 is 23.9 Å². The van der Waals surface area contributed by atoms with E-state index in [1.54, 1.807) is 0 Å². The van der Waals surface area contributed by atoms with Crippen LogP contribution in [-0.2, 0) is 23.9 Å². The first-order valence-corrected chi connectivity index (χ1v) is 8.57. The van der Waals surface area contributed by atoms with Crippen LogP contribution in [0.25, 0.3) is 0 Å². The first kappa shape index (κ1) is 23.1. The van der Waals surface area contributed by atoms with Gasteiger partial charge in [0, 0.05) is 25.1 Å².